The van der Waals surface area contributed by atoms with Crippen LogP contribution in [0.2, 0.25) is 0 Å². The van der Waals surface area contributed by atoms with Crippen molar-refractivity contribution in [2.24, 2.45) is 11.7 Å². The third-order valence-corrected chi connectivity index (χ3v) is 7.60. The maximum absolute atomic E-state index is 12.7. The van der Waals surface area contributed by atoms with E-state index in [4.69, 9.17) is 29.7 Å². The Morgan fingerprint density at radius 3 is 1.91 bits per heavy atom. The monoisotopic (exact) mass is 740 g/mol. The third-order valence-electron chi connectivity index (χ3n) is 7.60. The summed E-state index contributed by atoms with van der Waals surface area (Å²) >= 11 is 0. The Bertz CT molecular complexity index is 1290. The number of hydroxylamine groups is 2. The average Bonchev–Trinajstić information content (AvgIpc) is 3.16. The molecule has 0 saturated carbocycles. The molecule has 296 valence electrons. The van der Waals surface area contributed by atoms with Gasteiger partial charge in [-0.3, -0.25) is 14.4 Å². The number of hydrogen-bond acceptors (Lipinski definition) is 10. The van der Waals surface area contributed by atoms with Gasteiger partial charge in [-0.15, -0.1) is 0 Å². The zero-order valence-electron chi connectivity index (χ0n) is 32.5. The molecule has 2 atom stereocenters. The van der Waals surface area contributed by atoms with E-state index >= 15 is 0 Å². The molecule has 6 N–H and O–H groups in total. The molecule has 1 fully saturated rings. The Hall–Kier alpha value is -4.62. The lowest BCUT2D eigenvalue weighted by Gasteiger charge is -2.45. The van der Waals surface area contributed by atoms with Crippen LogP contribution in [0.5, 0.6) is 11.5 Å². The van der Waals surface area contributed by atoms with Gasteiger partial charge in [-0.2, -0.15) is 5.06 Å². The molecule has 2 amide bonds. The number of amides is 2. The smallest absolute Gasteiger partial charge is 0.255 e. The largest absolute Gasteiger partial charge is 0.508 e. The van der Waals surface area contributed by atoms with Gasteiger partial charge in [0.15, 0.2) is 6.10 Å². The SMILES string of the molecule is C=O.CC(C)CCCCCc1ccc(O)cc1.CCCN1OC(Cc2ccccc2)C(=O)N(CC=O)C1CNC.CO.Cc1ccc(O)cc1.NC=O. The molecule has 0 aromatic heterocycles. The summed E-state index contributed by atoms with van der Waals surface area (Å²) in [7, 11) is 2.82. The van der Waals surface area contributed by atoms with Crippen molar-refractivity contribution >= 4 is 25.4 Å². The molecule has 12 heteroatoms. The van der Waals surface area contributed by atoms with Crippen molar-refractivity contribution in [2.45, 2.75) is 84.9 Å². The van der Waals surface area contributed by atoms with Crippen molar-refractivity contribution < 1.29 is 39.3 Å². The first kappa shape index (κ1) is 50.5. The first-order valence-corrected chi connectivity index (χ1v) is 17.9. The number of benzene rings is 3. The molecule has 0 bridgehead atoms. The molecule has 3 aromatic carbocycles. The molecule has 2 unspecified atom stereocenters. The van der Waals surface area contributed by atoms with Gasteiger partial charge in [0.2, 0.25) is 6.41 Å². The number of likely N-dealkylation sites (N-methyl/N-ethyl adjacent to an activating group) is 1. The number of primary amides is 1. The average molecular weight is 741 g/mol. The number of unbranched alkanes of at least 4 members (excludes halogenated alkanes) is 2. The van der Waals surface area contributed by atoms with Crippen LogP contribution in [0, 0.1) is 12.8 Å². The second-order valence-corrected chi connectivity index (χ2v) is 12.3. The standard InChI is InChI=1S/C17H25N3O3.C14H22O.C7H8O.CH3NO.CH4O.CH2O/c1-3-9-20-16(13-18-2)19(10-11-21)17(22)15(23-20)12-14-7-5-4-6-8-14;1-12(2)6-4-3-5-7-13-8-10-14(15)11-9-13;1-6-2-4-7(8)5-3-6;2-1-3;2*1-2/h4-8,11,15-16,18H,3,9-10,12-13H2,1-2H3;8-12,15H,3-7H2,1-2H3;2-5,8H,1H3;1H,(H2,2,3);2H,1H3;1H2. The zero-order chi connectivity index (χ0) is 40.4. The molecule has 0 spiro atoms. The van der Waals surface area contributed by atoms with Gasteiger partial charge in [-0.1, -0.05) is 100 Å². The number of rotatable bonds is 14. The van der Waals surface area contributed by atoms with E-state index in [2.05, 4.69) is 31.8 Å². The first-order valence-electron chi connectivity index (χ1n) is 17.9. The second-order valence-electron chi connectivity index (χ2n) is 12.3. The Kier molecular flexibility index (Phi) is 31.7. The summed E-state index contributed by atoms with van der Waals surface area (Å²) in [4.78, 5) is 47.9. The van der Waals surface area contributed by atoms with Crippen LogP contribution in [0.15, 0.2) is 78.9 Å². The number of aldehydes is 1. The number of phenolic OH excluding ortho intramolecular Hbond substituents is 2. The lowest BCUT2D eigenvalue weighted by Crippen LogP contribution is -2.64. The van der Waals surface area contributed by atoms with Crippen LogP contribution in [0.1, 0.15) is 69.6 Å². The number of hydrogen-bond donors (Lipinski definition) is 5. The minimum absolute atomic E-state index is 0.0834. The van der Waals surface area contributed by atoms with Crippen molar-refractivity contribution in [2.75, 3.05) is 33.8 Å². The van der Waals surface area contributed by atoms with Gasteiger partial charge in [-0.05, 0) is 74.5 Å². The minimum atomic E-state index is -0.586. The van der Waals surface area contributed by atoms with Crippen LogP contribution in [-0.2, 0) is 36.9 Å². The topological polar surface area (TPSA) is 183 Å². The number of carbonyl (C=O) groups is 4. The fourth-order valence-corrected chi connectivity index (χ4v) is 5.09. The molecular weight excluding hydrogens is 676 g/mol. The number of aliphatic hydroxyl groups excluding tert-OH is 1. The number of nitrogens with zero attached hydrogens (tertiary/aromatic N) is 2. The first-order chi connectivity index (χ1) is 25.6. The van der Waals surface area contributed by atoms with E-state index in [0.717, 1.165) is 37.7 Å². The van der Waals surface area contributed by atoms with Crippen molar-refractivity contribution in [3.63, 3.8) is 0 Å². The van der Waals surface area contributed by atoms with E-state index in [-0.39, 0.29) is 25.0 Å². The van der Waals surface area contributed by atoms with Crippen LogP contribution >= 0.6 is 0 Å². The number of aromatic hydroxyl groups is 2. The highest BCUT2D eigenvalue weighted by Crippen LogP contribution is 2.21. The highest BCUT2D eigenvalue weighted by atomic mass is 16.7. The lowest BCUT2D eigenvalue weighted by atomic mass is 10.0. The lowest BCUT2D eigenvalue weighted by molar-refractivity contribution is -0.272. The third kappa shape index (κ3) is 23.5. The summed E-state index contributed by atoms with van der Waals surface area (Å²) in [6.07, 6.45) is 7.99. The van der Waals surface area contributed by atoms with Gasteiger partial charge >= 0.3 is 0 Å². The van der Waals surface area contributed by atoms with Crippen LogP contribution < -0.4 is 11.1 Å². The highest BCUT2D eigenvalue weighted by molar-refractivity contribution is 5.84. The summed E-state index contributed by atoms with van der Waals surface area (Å²) in [6, 6.07) is 24.4. The molecule has 0 aliphatic carbocycles. The summed E-state index contributed by atoms with van der Waals surface area (Å²) in [5.41, 5.74) is 7.71. The number of aliphatic hydroxyl groups is 1. The maximum atomic E-state index is 12.7. The molecule has 12 nitrogen and oxygen atoms in total. The van der Waals surface area contributed by atoms with Crippen molar-refractivity contribution in [1.29, 1.82) is 0 Å². The van der Waals surface area contributed by atoms with E-state index in [1.807, 2.05) is 80.4 Å². The second kappa shape index (κ2) is 33.2. The van der Waals surface area contributed by atoms with Gasteiger partial charge in [0.25, 0.3) is 5.91 Å². The molecule has 4 rings (SSSR count). The molecule has 3 aromatic rings. The Morgan fingerprint density at radius 2 is 1.43 bits per heavy atom. The number of nitrogens with two attached hydrogens (primary N) is 1. The summed E-state index contributed by atoms with van der Waals surface area (Å²) < 4.78 is 0. The Balaban J connectivity index is 0. The van der Waals surface area contributed by atoms with E-state index < -0.39 is 6.10 Å². The molecule has 1 aliphatic rings. The number of nitrogens with one attached hydrogen (secondary N) is 1. The predicted octanol–water partition coefficient (Wildman–Crippen LogP) is 5.20. The fraction of sp³-hybridized carbons (Fsp3) is 0.463. The summed E-state index contributed by atoms with van der Waals surface area (Å²) in [5, 5.41) is 29.8. The zero-order valence-corrected chi connectivity index (χ0v) is 32.5. The normalized spacial score (nSPS) is 14.6. The molecule has 0 radical (unpaired) electrons. The van der Waals surface area contributed by atoms with E-state index in [1.54, 1.807) is 29.2 Å². The van der Waals surface area contributed by atoms with Crippen LogP contribution in [0.3, 0.4) is 0 Å². The van der Waals surface area contributed by atoms with Gasteiger partial charge in [0, 0.05) is 26.6 Å². The molecule has 1 heterocycles. The van der Waals surface area contributed by atoms with E-state index in [9.17, 15) is 9.59 Å². The molecule has 1 aliphatic heterocycles. The van der Waals surface area contributed by atoms with Crippen LogP contribution in [0.25, 0.3) is 0 Å². The van der Waals surface area contributed by atoms with Crippen molar-refractivity contribution in [1.82, 2.24) is 15.3 Å². The summed E-state index contributed by atoms with van der Waals surface area (Å²) in [6.45, 7) is 11.9. The fourth-order valence-electron chi connectivity index (χ4n) is 5.09. The molecular formula is C41H64N4O8. The Labute approximate surface area is 316 Å². The predicted molar refractivity (Wildman–Crippen MR) is 211 cm³/mol. The van der Waals surface area contributed by atoms with Gasteiger partial charge in [-0.25, -0.2) is 0 Å². The van der Waals surface area contributed by atoms with Gasteiger partial charge in [0.05, 0.1) is 6.54 Å². The number of carbonyl (C=O) groups excluding carboxylic acids is 4. The number of aryl methyl sites for hydroxylation is 2. The molecule has 53 heavy (non-hydrogen) atoms. The highest BCUT2D eigenvalue weighted by Gasteiger charge is 2.40. The van der Waals surface area contributed by atoms with E-state index in [1.165, 1.54) is 36.8 Å². The minimum Gasteiger partial charge on any atom is -0.508 e. The van der Waals surface area contributed by atoms with Crippen molar-refractivity contribution in [3.8, 4) is 11.5 Å². The molecule has 1 saturated heterocycles. The number of phenols is 2. The van der Waals surface area contributed by atoms with Gasteiger partial charge < -0.3 is 40.9 Å². The van der Waals surface area contributed by atoms with Gasteiger partial charge in [0.1, 0.15) is 30.7 Å². The quantitative estimate of drug-likeness (QED) is 0.109. The van der Waals surface area contributed by atoms with E-state index in [0.29, 0.717) is 31.0 Å². The van der Waals surface area contributed by atoms with Crippen LogP contribution in [-0.4, -0.2) is 96.7 Å². The van der Waals surface area contributed by atoms with Crippen molar-refractivity contribution in [3.05, 3.63) is 95.6 Å². The maximum Gasteiger partial charge on any atom is 0.255 e. The Morgan fingerprint density at radius 1 is 0.887 bits per heavy atom. The van der Waals surface area contributed by atoms with Crippen LogP contribution in [0.4, 0.5) is 0 Å². The summed E-state index contributed by atoms with van der Waals surface area (Å²) in [5.74, 6) is 1.39.